The number of hydrogen-bond acceptors (Lipinski definition) is 1. The Bertz CT molecular complexity index is 2630. The van der Waals surface area contributed by atoms with Crippen molar-refractivity contribution < 1.29 is 0 Å². The van der Waals surface area contributed by atoms with Crippen LogP contribution in [0, 0.1) is 0 Å². The normalized spacial score (nSPS) is 13.1. The van der Waals surface area contributed by atoms with E-state index in [1.54, 1.807) is 12.2 Å². The molecular formula is C57H45N. The van der Waals surface area contributed by atoms with Crippen molar-refractivity contribution in [3.63, 3.8) is 0 Å². The van der Waals surface area contributed by atoms with Crippen molar-refractivity contribution in [3.05, 3.63) is 283 Å². The molecule has 0 bridgehead atoms. The minimum Gasteiger partial charge on any atom is -0.317 e. The molecule has 1 nitrogen and oxygen atoms in total. The van der Waals surface area contributed by atoms with Gasteiger partial charge in [0.05, 0.1) is 5.41 Å². The highest BCUT2D eigenvalue weighted by Crippen LogP contribution is 2.57. The average Bonchev–Trinajstić information content (AvgIpc) is 3.59. The maximum atomic E-state index is 3.88. The molecule has 0 atom stereocenters. The van der Waals surface area contributed by atoms with Gasteiger partial charge in [-0.25, -0.2) is 0 Å². The zero-order valence-corrected chi connectivity index (χ0v) is 32.5. The molecule has 58 heavy (non-hydrogen) atoms. The molecule has 1 heteroatoms. The van der Waals surface area contributed by atoms with Crippen LogP contribution in [-0.4, -0.2) is 0 Å². The first kappa shape index (κ1) is 37.4. The van der Waals surface area contributed by atoms with Gasteiger partial charge in [-0.1, -0.05) is 220 Å². The second-order valence-electron chi connectivity index (χ2n) is 14.2. The first-order valence-corrected chi connectivity index (χ1v) is 19.7. The largest absolute Gasteiger partial charge is 0.317 e. The summed E-state index contributed by atoms with van der Waals surface area (Å²) in [6.45, 7) is 7.72. The molecule has 7 aromatic carbocycles. The van der Waals surface area contributed by atoms with Crippen LogP contribution < -0.4 is 4.90 Å². The predicted molar refractivity (Wildman–Crippen MR) is 250 cm³/mol. The fourth-order valence-corrected chi connectivity index (χ4v) is 8.11. The summed E-state index contributed by atoms with van der Waals surface area (Å²) in [6.07, 6.45) is 24.4. The van der Waals surface area contributed by atoms with Gasteiger partial charge < -0.3 is 4.90 Å². The van der Waals surface area contributed by atoms with Crippen molar-refractivity contribution in [1.82, 2.24) is 0 Å². The Kier molecular flexibility index (Phi) is 11.3. The molecule has 0 spiro atoms. The molecular weight excluding hydrogens is 699 g/mol. The van der Waals surface area contributed by atoms with Crippen LogP contribution in [0.4, 0.5) is 11.4 Å². The van der Waals surface area contributed by atoms with E-state index >= 15 is 0 Å². The number of anilines is 2. The van der Waals surface area contributed by atoms with E-state index in [1.165, 1.54) is 38.9 Å². The molecule has 0 aliphatic heterocycles. The monoisotopic (exact) mass is 743 g/mol. The van der Waals surface area contributed by atoms with Gasteiger partial charge >= 0.3 is 0 Å². The molecule has 0 unspecified atom stereocenters. The third kappa shape index (κ3) is 7.54. The van der Waals surface area contributed by atoms with E-state index in [-0.39, 0.29) is 0 Å². The third-order valence-electron chi connectivity index (χ3n) is 10.8. The first-order chi connectivity index (χ1) is 28.7. The van der Waals surface area contributed by atoms with Crippen LogP contribution in [-0.2, 0) is 5.41 Å². The number of benzene rings is 7. The number of rotatable bonds is 13. The highest BCUT2D eigenvalue weighted by atomic mass is 15.1. The lowest BCUT2D eigenvalue weighted by Crippen LogP contribution is -2.28. The molecule has 0 fully saturated rings. The van der Waals surface area contributed by atoms with Crippen LogP contribution in [0.5, 0.6) is 0 Å². The van der Waals surface area contributed by atoms with Crippen molar-refractivity contribution in [2.45, 2.75) is 5.41 Å². The number of allylic oxidation sites excluding steroid dienone is 8. The molecule has 0 aromatic heterocycles. The van der Waals surface area contributed by atoms with Gasteiger partial charge in [0.1, 0.15) is 0 Å². The molecule has 278 valence electrons. The highest BCUT2D eigenvalue weighted by Gasteiger charge is 2.46. The molecule has 8 rings (SSSR count). The van der Waals surface area contributed by atoms with E-state index < -0.39 is 5.41 Å². The molecule has 0 heterocycles. The van der Waals surface area contributed by atoms with Gasteiger partial charge in [-0.2, -0.15) is 0 Å². The van der Waals surface area contributed by atoms with Crippen molar-refractivity contribution in [3.8, 4) is 22.3 Å². The summed E-state index contributed by atoms with van der Waals surface area (Å²) in [7, 11) is 0. The third-order valence-corrected chi connectivity index (χ3v) is 10.8. The topological polar surface area (TPSA) is 3.24 Å². The molecule has 7 aromatic rings. The van der Waals surface area contributed by atoms with Crippen LogP contribution in [0.2, 0.25) is 0 Å². The van der Waals surface area contributed by atoms with Crippen LogP contribution in [0.15, 0.2) is 244 Å². The smallest absolute Gasteiger partial charge is 0.0714 e. The van der Waals surface area contributed by atoms with Crippen molar-refractivity contribution in [2.24, 2.45) is 0 Å². The number of fused-ring (bicyclic) bond motifs is 3. The summed E-state index contributed by atoms with van der Waals surface area (Å²) in [4.78, 5) is 2.29. The summed E-state index contributed by atoms with van der Waals surface area (Å²) in [5.41, 5.74) is 14.9. The van der Waals surface area contributed by atoms with Crippen molar-refractivity contribution in [1.29, 1.82) is 0 Å². The van der Waals surface area contributed by atoms with Gasteiger partial charge in [-0.15, -0.1) is 0 Å². The second kappa shape index (κ2) is 17.5. The average molecular weight is 744 g/mol. The Morgan fingerprint density at radius 3 is 1.66 bits per heavy atom. The maximum Gasteiger partial charge on any atom is 0.0714 e. The molecule has 0 radical (unpaired) electrons. The van der Waals surface area contributed by atoms with E-state index in [0.717, 1.165) is 33.6 Å². The second-order valence-corrected chi connectivity index (χ2v) is 14.2. The van der Waals surface area contributed by atoms with E-state index in [1.807, 2.05) is 18.2 Å². The summed E-state index contributed by atoms with van der Waals surface area (Å²) < 4.78 is 0. The van der Waals surface area contributed by atoms with Crippen LogP contribution in [0.3, 0.4) is 0 Å². The van der Waals surface area contributed by atoms with Crippen LogP contribution >= 0.6 is 0 Å². The molecule has 1 aliphatic rings. The standard InChI is InChI=1S/C57H45N/c1-3-5-25-45-33-34-48(42-47(45)26-6-4-2)46-35-37-51(38-36-46)58(41-21-8-7-12-22-44-23-13-9-14-24-44)52-39-40-54-53-31-19-20-32-55(53)57(56(54)43-52,49-27-15-10-16-28-49)50-29-17-11-18-30-50/h3-43H,1-2H2/b8-7-,22-12+,25-5-,26-6-,41-21+. The van der Waals surface area contributed by atoms with Gasteiger partial charge in [0.15, 0.2) is 0 Å². The molecule has 0 saturated carbocycles. The molecule has 1 aliphatic carbocycles. The van der Waals surface area contributed by atoms with E-state index in [9.17, 15) is 0 Å². The summed E-state index contributed by atoms with van der Waals surface area (Å²) >= 11 is 0. The van der Waals surface area contributed by atoms with Gasteiger partial charge in [0.25, 0.3) is 0 Å². The van der Waals surface area contributed by atoms with Gasteiger partial charge in [0, 0.05) is 17.6 Å². The zero-order chi connectivity index (χ0) is 39.6. The predicted octanol–water partition coefficient (Wildman–Crippen LogP) is 15.0. The summed E-state index contributed by atoms with van der Waals surface area (Å²) in [6, 6.07) is 63.6. The lowest BCUT2D eigenvalue weighted by Gasteiger charge is -2.34. The van der Waals surface area contributed by atoms with Crippen molar-refractivity contribution >= 4 is 29.6 Å². The van der Waals surface area contributed by atoms with Crippen molar-refractivity contribution in [2.75, 3.05) is 4.90 Å². The minimum absolute atomic E-state index is 0.489. The lowest BCUT2D eigenvalue weighted by molar-refractivity contribution is 0.768. The van der Waals surface area contributed by atoms with Crippen LogP contribution in [0.1, 0.15) is 38.9 Å². The molecule has 0 amide bonds. The van der Waals surface area contributed by atoms with Gasteiger partial charge in [0.2, 0.25) is 0 Å². The Morgan fingerprint density at radius 1 is 0.397 bits per heavy atom. The zero-order valence-electron chi connectivity index (χ0n) is 32.5. The fraction of sp³-hybridized carbons (Fsp3) is 0.0175. The Morgan fingerprint density at radius 2 is 0.966 bits per heavy atom. The highest BCUT2D eigenvalue weighted by molar-refractivity contribution is 5.88. The van der Waals surface area contributed by atoms with E-state index in [2.05, 4.69) is 237 Å². The molecule has 0 saturated heterocycles. The summed E-state index contributed by atoms with van der Waals surface area (Å²) in [5.74, 6) is 0. The minimum atomic E-state index is -0.489. The number of nitrogens with zero attached hydrogens (tertiary/aromatic N) is 1. The SMILES string of the molecule is C=C/C=C\c1ccc(-c2ccc(N(/C=C/C=C\C=C\c3ccccc3)c3ccc4c(c3)C(c3ccccc3)(c3ccccc3)c3ccccc3-4)cc2)cc1/C=C\C=C. The Hall–Kier alpha value is -7.48. The van der Waals surface area contributed by atoms with Gasteiger partial charge in [-0.3, -0.25) is 0 Å². The lowest BCUT2D eigenvalue weighted by atomic mass is 9.67. The van der Waals surface area contributed by atoms with E-state index in [0.29, 0.717) is 0 Å². The summed E-state index contributed by atoms with van der Waals surface area (Å²) in [5, 5.41) is 0. The maximum absolute atomic E-state index is 3.88. The fourth-order valence-electron chi connectivity index (χ4n) is 8.11. The Balaban J connectivity index is 1.23. The molecule has 0 N–H and O–H groups in total. The number of hydrogen-bond donors (Lipinski definition) is 0. The first-order valence-electron chi connectivity index (χ1n) is 19.7. The van der Waals surface area contributed by atoms with Gasteiger partial charge in [-0.05, 0) is 97.6 Å². The van der Waals surface area contributed by atoms with Crippen LogP contribution in [0.25, 0.3) is 40.5 Å². The quantitative estimate of drug-likeness (QED) is 0.106. The van der Waals surface area contributed by atoms with E-state index in [4.69, 9.17) is 0 Å². The Labute approximate surface area is 343 Å².